The largest absolute Gasteiger partial charge is 0.307 e. The summed E-state index contributed by atoms with van der Waals surface area (Å²) >= 11 is 0. The van der Waals surface area contributed by atoms with Gasteiger partial charge in [0.1, 0.15) is 5.82 Å². The molecule has 1 atom stereocenters. The molecule has 88 valence electrons. The van der Waals surface area contributed by atoms with Gasteiger partial charge in [0.2, 0.25) is 0 Å². The Morgan fingerprint density at radius 3 is 2.62 bits per heavy atom. The van der Waals surface area contributed by atoms with Crippen molar-refractivity contribution in [2.45, 2.75) is 52.0 Å². The standard InChI is InChI=1S/C13H21N3/c1-9-8-11(13(2,3)4)16-12(15-9)10-6-5-7-14-10/h8,10,14H,5-7H2,1-4H3. The molecule has 2 rings (SSSR count). The van der Waals surface area contributed by atoms with Crippen LogP contribution < -0.4 is 5.32 Å². The molecule has 2 heterocycles. The number of hydrogen-bond donors (Lipinski definition) is 1. The van der Waals surface area contributed by atoms with Gasteiger partial charge >= 0.3 is 0 Å². The van der Waals surface area contributed by atoms with Crippen LogP contribution in [0.3, 0.4) is 0 Å². The minimum atomic E-state index is 0.0983. The van der Waals surface area contributed by atoms with Crippen molar-refractivity contribution in [1.29, 1.82) is 0 Å². The van der Waals surface area contributed by atoms with Gasteiger partial charge in [0.15, 0.2) is 0 Å². The molecular weight excluding hydrogens is 198 g/mol. The lowest BCUT2D eigenvalue weighted by Gasteiger charge is -2.20. The normalized spacial score (nSPS) is 21.4. The first-order valence-corrected chi connectivity index (χ1v) is 6.06. The van der Waals surface area contributed by atoms with Crippen LogP contribution in [0.15, 0.2) is 6.07 Å². The van der Waals surface area contributed by atoms with Crippen LogP contribution in [0.1, 0.15) is 56.9 Å². The molecule has 3 nitrogen and oxygen atoms in total. The molecule has 0 aliphatic carbocycles. The maximum absolute atomic E-state index is 4.71. The van der Waals surface area contributed by atoms with Crippen molar-refractivity contribution in [3.63, 3.8) is 0 Å². The third kappa shape index (κ3) is 2.40. The summed E-state index contributed by atoms with van der Waals surface area (Å²) in [7, 11) is 0. The summed E-state index contributed by atoms with van der Waals surface area (Å²) in [5.74, 6) is 0.974. The van der Waals surface area contributed by atoms with Gasteiger partial charge in [-0.05, 0) is 32.4 Å². The highest BCUT2D eigenvalue weighted by molar-refractivity contribution is 5.18. The average molecular weight is 219 g/mol. The number of aromatic nitrogens is 2. The van der Waals surface area contributed by atoms with Crippen LogP contribution in [0.2, 0.25) is 0 Å². The van der Waals surface area contributed by atoms with E-state index in [0.717, 1.165) is 30.2 Å². The summed E-state index contributed by atoms with van der Waals surface area (Å²) in [6.45, 7) is 9.73. The molecule has 1 fully saturated rings. The maximum atomic E-state index is 4.71. The molecular formula is C13H21N3. The van der Waals surface area contributed by atoms with Gasteiger partial charge in [-0.3, -0.25) is 0 Å². The first-order valence-electron chi connectivity index (χ1n) is 6.06. The van der Waals surface area contributed by atoms with Crippen molar-refractivity contribution in [2.24, 2.45) is 0 Å². The summed E-state index contributed by atoms with van der Waals surface area (Å²) < 4.78 is 0. The lowest BCUT2D eigenvalue weighted by molar-refractivity contribution is 0.539. The van der Waals surface area contributed by atoms with Crippen LogP contribution in [-0.2, 0) is 5.41 Å². The SMILES string of the molecule is Cc1cc(C(C)(C)C)nc(C2CCCN2)n1. The van der Waals surface area contributed by atoms with Gasteiger partial charge in [0, 0.05) is 16.8 Å². The fraction of sp³-hybridized carbons (Fsp3) is 0.692. The van der Waals surface area contributed by atoms with Crippen molar-refractivity contribution >= 4 is 0 Å². The van der Waals surface area contributed by atoms with E-state index in [2.05, 4.69) is 44.1 Å². The Morgan fingerprint density at radius 2 is 2.06 bits per heavy atom. The van der Waals surface area contributed by atoms with Gasteiger partial charge in [-0.25, -0.2) is 9.97 Å². The van der Waals surface area contributed by atoms with Gasteiger partial charge in [0.25, 0.3) is 0 Å². The number of hydrogen-bond acceptors (Lipinski definition) is 3. The van der Waals surface area contributed by atoms with Gasteiger partial charge in [0.05, 0.1) is 6.04 Å². The van der Waals surface area contributed by atoms with E-state index in [1.54, 1.807) is 0 Å². The zero-order chi connectivity index (χ0) is 11.8. The van der Waals surface area contributed by atoms with E-state index in [1.165, 1.54) is 6.42 Å². The molecule has 3 heteroatoms. The number of aryl methyl sites for hydroxylation is 1. The second kappa shape index (κ2) is 4.13. The molecule has 0 aromatic carbocycles. The summed E-state index contributed by atoms with van der Waals surface area (Å²) in [4.78, 5) is 9.27. The molecule has 0 radical (unpaired) electrons. The van der Waals surface area contributed by atoms with Crippen molar-refractivity contribution in [2.75, 3.05) is 6.54 Å². The van der Waals surface area contributed by atoms with Crippen LogP contribution >= 0.6 is 0 Å². The molecule has 1 aromatic heterocycles. The molecule has 1 saturated heterocycles. The second-order valence-electron chi connectivity index (χ2n) is 5.65. The van der Waals surface area contributed by atoms with E-state index in [1.807, 2.05) is 0 Å². The number of nitrogens with zero attached hydrogens (tertiary/aromatic N) is 2. The summed E-state index contributed by atoms with van der Waals surface area (Å²) in [5, 5.41) is 3.45. The van der Waals surface area contributed by atoms with Gasteiger partial charge < -0.3 is 5.32 Å². The molecule has 16 heavy (non-hydrogen) atoms. The Morgan fingerprint density at radius 1 is 1.31 bits per heavy atom. The highest BCUT2D eigenvalue weighted by atomic mass is 15.0. The van der Waals surface area contributed by atoms with E-state index in [0.29, 0.717) is 6.04 Å². The molecule has 1 N–H and O–H groups in total. The van der Waals surface area contributed by atoms with Crippen molar-refractivity contribution in [3.05, 3.63) is 23.3 Å². The van der Waals surface area contributed by atoms with E-state index >= 15 is 0 Å². The average Bonchev–Trinajstić information content (AvgIpc) is 2.68. The van der Waals surface area contributed by atoms with Crippen LogP contribution in [0, 0.1) is 6.92 Å². The van der Waals surface area contributed by atoms with Crippen molar-refractivity contribution in [3.8, 4) is 0 Å². The van der Waals surface area contributed by atoms with Gasteiger partial charge in [-0.1, -0.05) is 20.8 Å². The molecule has 1 aliphatic heterocycles. The summed E-state index contributed by atoms with van der Waals surface area (Å²) in [6.07, 6.45) is 2.39. The van der Waals surface area contributed by atoms with E-state index in [9.17, 15) is 0 Å². The Bertz CT molecular complexity index is 373. The van der Waals surface area contributed by atoms with Crippen LogP contribution in [0.5, 0.6) is 0 Å². The highest BCUT2D eigenvalue weighted by Gasteiger charge is 2.22. The van der Waals surface area contributed by atoms with E-state index < -0.39 is 0 Å². The fourth-order valence-corrected chi connectivity index (χ4v) is 2.04. The second-order valence-corrected chi connectivity index (χ2v) is 5.65. The Hall–Kier alpha value is -0.960. The molecule has 0 spiro atoms. The highest BCUT2D eigenvalue weighted by Crippen LogP contribution is 2.25. The maximum Gasteiger partial charge on any atom is 0.145 e. The number of nitrogens with one attached hydrogen (secondary N) is 1. The molecule has 1 aromatic rings. The zero-order valence-electron chi connectivity index (χ0n) is 10.7. The molecule has 1 unspecified atom stereocenters. The molecule has 0 amide bonds. The first kappa shape index (κ1) is 11.5. The molecule has 1 aliphatic rings. The number of rotatable bonds is 1. The lowest BCUT2D eigenvalue weighted by Crippen LogP contribution is -2.21. The molecule has 0 bridgehead atoms. The Labute approximate surface area is 97.7 Å². The Kier molecular flexibility index (Phi) is 2.98. The van der Waals surface area contributed by atoms with Crippen molar-refractivity contribution < 1.29 is 0 Å². The summed E-state index contributed by atoms with van der Waals surface area (Å²) in [6, 6.07) is 2.46. The smallest absolute Gasteiger partial charge is 0.145 e. The predicted molar refractivity (Wildman–Crippen MR) is 65.4 cm³/mol. The van der Waals surface area contributed by atoms with Crippen LogP contribution in [-0.4, -0.2) is 16.5 Å². The third-order valence-corrected chi connectivity index (χ3v) is 3.01. The fourth-order valence-electron chi connectivity index (χ4n) is 2.04. The quantitative estimate of drug-likeness (QED) is 0.788. The van der Waals surface area contributed by atoms with Gasteiger partial charge in [-0.15, -0.1) is 0 Å². The van der Waals surface area contributed by atoms with Crippen LogP contribution in [0.4, 0.5) is 0 Å². The summed E-state index contributed by atoms with van der Waals surface area (Å²) in [5.41, 5.74) is 2.31. The van der Waals surface area contributed by atoms with E-state index in [-0.39, 0.29) is 5.41 Å². The zero-order valence-corrected chi connectivity index (χ0v) is 10.7. The van der Waals surface area contributed by atoms with Crippen molar-refractivity contribution in [1.82, 2.24) is 15.3 Å². The Balaban J connectivity index is 2.35. The van der Waals surface area contributed by atoms with Crippen LogP contribution in [0.25, 0.3) is 0 Å². The minimum absolute atomic E-state index is 0.0983. The predicted octanol–water partition coefficient (Wildman–Crippen LogP) is 2.51. The third-order valence-electron chi connectivity index (χ3n) is 3.01. The first-order chi connectivity index (χ1) is 7.47. The minimum Gasteiger partial charge on any atom is -0.307 e. The molecule has 0 saturated carbocycles. The van der Waals surface area contributed by atoms with Gasteiger partial charge in [-0.2, -0.15) is 0 Å². The van der Waals surface area contributed by atoms with E-state index in [4.69, 9.17) is 4.98 Å². The topological polar surface area (TPSA) is 37.8 Å². The monoisotopic (exact) mass is 219 g/mol. The lowest BCUT2D eigenvalue weighted by atomic mass is 9.91.